The van der Waals surface area contributed by atoms with Crippen molar-refractivity contribution < 1.29 is 33.2 Å². The molecule has 0 saturated heterocycles. The third-order valence-electron chi connectivity index (χ3n) is 4.43. The van der Waals surface area contributed by atoms with Crippen LogP contribution in [0.4, 0.5) is 0 Å². The second kappa shape index (κ2) is 10.9. The van der Waals surface area contributed by atoms with Gasteiger partial charge < -0.3 is 28.4 Å². The lowest BCUT2D eigenvalue weighted by atomic mass is 9.95. The summed E-state index contributed by atoms with van der Waals surface area (Å²) in [6, 6.07) is 0. The zero-order chi connectivity index (χ0) is 21.6. The van der Waals surface area contributed by atoms with Gasteiger partial charge in [0.25, 0.3) is 0 Å². The molecular weight excluding hydrogens is 395 g/mol. The fourth-order valence-electron chi connectivity index (χ4n) is 3.12. The number of hydrogen-bond acceptors (Lipinski definition) is 7. The predicted octanol–water partition coefficient (Wildman–Crippen LogP) is 4.62. The average Bonchev–Trinajstić information content (AvgIpc) is 3.05. The minimum Gasteiger partial charge on any atom is -0.507 e. The summed E-state index contributed by atoms with van der Waals surface area (Å²) in [7, 11) is 0.485. The van der Waals surface area contributed by atoms with Crippen molar-refractivity contribution in [2.75, 3.05) is 26.7 Å². The highest BCUT2D eigenvalue weighted by atomic mass is 31.2. The number of carbonyl (C=O) groups is 1. The smallest absolute Gasteiger partial charge is 0.342 e. The molecule has 0 aliphatic carbocycles. The maximum Gasteiger partial charge on any atom is 0.342 e. The van der Waals surface area contributed by atoms with Crippen molar-refractivity contribution in [3.05, 3.63) is 33.9 Å². The lowest BCUT2D eigenvalue weighted by Gasteiger charge is -2.19. The van der Waals surface area contributed by atoms with Crippen LogP contribution < -0.4 is 4.74 Å². The number of ether oxygens (including phenoxy) is 3. The molecule has 1 aliphatic heterocycles. The Balaban J connectivity index is 2.06. The molecule has 0 amide bonds. The number of fused-ring (bicyclic) bond motifs is 1. The highest BCUT2D eigenvalue weighted by molar-refractivity contribution is 7.47. The molecule has 1 heterocycles. The van der Waals surface area contributed by atoms with E-state index in [9.17, 15) is 9.90 Å². The van der Waals surface area contributed by atoms with Crippen LogP contribution in [0.5, 0.6) is 11.5 Å². The summed E-state index contributed by atoms with van der Waals surface area (Å²) in [5.41, 5.74) is 3.31. The van der Waals surface area contributed by atoms with Gasteiger partial charge in [0.05, 0.1) is 26.4 Å². The zero-order valence-corrected chi connectivity index (χ0v) is 18.9. The van der Waals surface area contributed by atoms with Gasteiger partial charge >= 0.3 is 5.97 Å². The van der Waals surface area contributed by atoms with Gasteiger partial charge in [-0.1, -0.05) is 11.6 Å². The molecule has 0 radical (unpaired) electrons. The van der Waals surface area contributed by atoms with E-state index in [1.165, 1.54) is 0 Å². The third kappa shape index (κ3) is 5.92. The predicted molar refractivity (Wildman–Crippen MR) is 112 cm³/mol. The number of methoxy groups -OCH3 is 1. The SMILES string of the molecule is CCOP(COC/C(C)=C/Cc1c(O)c2c(c(C)c1OC)COC2=O)OC(C)C. The van der Waals surface area contributed by atoms with Crippen molar-refractivity contribution in [3.63, 3.8) is 0 Å². The Hall–Kier alpha value is -1.66. The van der Waals surface area contributed by atoms with E-state index in [0.717, 1.165) is 11.1 Å². The van der Waals surface area contributed by atoms with Crippen molar-refractivity contribution >= 4 is 14.3 Å². The van der Waals surface area contributed by atoms with Crippen LogP contribution in [-0.4, -0.2) is 43.9 Å². The summed E-state index contributed by atoms with van der Waals surface area (Å²) in [6.07, 6.45) is 2.84. The number of phenolic OH excluding ortho intramolecular Hbond substituents is 1. The molecule has 1 unspecified atom stereocenters. The molecule has 0 fully saturated rings. The molecule has 1 atom stereocenters. The molecule has 0 aromatic heterocycles. The van der Waals surface area contributed by atoms with Crippen LogP contribution in [0.15, 0.2) is 11.6 Å². The summed E-state index contributed by atoms with van der Waals surface area (Å²) >= 11 is 0. The van der Waals surface area contributed by atoms with Crippen LogP contribution in [0, 0.1) is 6.92 Å². The van der Waals surface area contributed by atoms with Gasteiger partial charge in [0, 0.05) is 11.1 Å². The van der Waals surface area contributed by atoms with Crippen molar-refractivity contribution in [3.8, 4) is 11.5 Å². The number of hydrogen-bond donors (Lipinski definition) is 1. The first-order valence-electron chi connectivity index (χ1n) is 9.69. The number of rotatable bonds is 11. The van der Waals surface area contributed by atoms with Crippen LogP contribution >= 0.6 is 8.38 Å². The monoisotopic (exact) mass is 426 g/mol. The summed E-state index contributed by atoms with van der Waals surface area (Å²) in [4.78, 5) is 12.0. The molecule has 7 nitrogen and oxygen atoms in total. The van der Waals surface area contributed by atoms with E-state index in [1.807, 2.05) is 40.7 Å². The van der Waals surface area contributed by atoms with E-state index in [0.29, 0.717) is 42.9 Å². The molecule has 29 heavy (non-hydrogen) atoms. The molecular formula is C21H31O7P. The maximum atomic E-state index is 12.0. The summed E-state index contributed by atoms with van der Waals surface area (Å²) in [6.45, 7) is 10.8. The molecule has 2 rings (SSSR count). The third-order valence-corrected chi connectivity index (χ3v) is 6.03. The number of esters is 1. The van der Waals surface area contributed by atoms with Gasteiger partial charge in [-0.25, -0.2) is 4.79 Å². The summed E-state index contributed by atoms with van der Waals surface area (Å²) < 4.78 is 27.6. The molecule has 0 bridgehead atoms. The van der Waals surface area contributed by atoms with Gasteiger partial charge in [-0.2, -0.15) is 0 Å². The van der Waals surface area contributed by atoms with Gasteiger partial charge in [0.1, 0.15) is 30.0 Å². The van der Waals surface area contributed by atoms with E-state index in [2.05, 4.69) is 0 Å². The van der Waals surface area contributed by atoms with Crippen LogP contribution in [0.2, 0.25) is 0 Å². The number of aromatic hydroxyl groups is 1. The van der Waals surface area contributed by atoms with E-state index in [-0.39, 0.29) is 24.0 Å². The lowest BCUT2D eigenvalue weighted by molar-refractivity contribution is 0.0533. The van der Waals surface area contributed by atoms with E-state index >= 15 is 0 Å². The van der Waals surface area contributed by atoms with E-state index in [4.69, 9.17) is 23.3 Å². The van der Waals surface area contributed by atoms with Gasteiger partial charge in [-0.15, -0.1) is 0 Å². The number of allylic oxidation sites excluding steroid dienone is 1. The first-order valence-corrected chi connectivity index (χ1v) is 11.0. The fraction of sp³-hybridized carbons (Fsp3) is 0.571. The first-order chi connectivity index (χ1) is 13.8. The Morgan fingerprint density at radius 2 is 2.10 bits per heavy atom. The minimum absolute atomic E-state index is 0.0693. The molecule has 1 N–H and O–H groups in total. The molecule has 0 saturated carbocycles. The van der Waals surface area contributed by atoms with Crippen molar-refractivity contribution in [1.29, 1.82) is 0 Å². The Morgan fingerprint density at radius 1 is 1.38 bits per heavy atom. The Morgan fingerprint density at radius 3 is 2.72 bits per heavy atom. The largest absolute Gasteiger partial charge is 0.507 e. The zero-order valence-electron chi connectivity index (χ0n) is 18.0. The molecule has 0 spiro atoms. The van der Waals surface area contributed by atoms with Crippen LogP contribution in [0.3, 0.4) is 0 Å². The van der Waals surface area contributed by atoms with Crippen LogP contribution in [0.25, 0.3) is 0 Å². The minimum atomic E-state index is -1.07. The highest BCUT2D eigenvalue weighted by Crippen LogP contribution is 2.42. The molecule has 1 aromatic carbocycles. The van der Waals surface area contributed by atoms with E-state index < -0.39 is 14.3 Å². The molecule has 8 heteroatoms. The molecule has 1 aliphatic rings. The molecule has 1 aromatic rings. The highest BCUT2D eigenvalue weighted by Gasteiger charge is 2.31. The van der Waals surface area contributed by atoms with Crippen LogP contribution in [-0.2, 0) is 31.5 Å². The van der Waals surface area contributed by atoms with Gasteiger partial charge in [0.2, 0.25) is 0 Å². The Kier molecular flexibility index (Phi) is 8.90. The second-order valence-corrected chi connectivity index (χ2v) is 8.44. The fourth-order valence-corrected chi connectivity index (χ4v) is 4.32. The van der Waals surface area contributed by atoms with Gasteiger partial charge in [-0.3, -0.25) is 0 Å². The van der Waals surface area contributed by atoms with Gasteiger partial charge in [-0.05, 0) is 46.6 Å². The topological polar surface area (TPSA) is 83.5 Å². The van der Waals surface area contributed by atoms with Crippen LogP contribution in [0.1, 0.15) is 54.7 Å². The molecule has 162 valence electrons. The van der Waals surface area contributed by atoms with Crippen molar-refractivity contribution in [2.24, 2.45) is 0 Å². The van der Waals surface area contributed by atoms with Crippen molar-refractivity contribution in [1.82, 2.24) is 0 Å². The lowest BCUT2D eigenvalue weighted by Crippen LogP contribution is -2.06. The standard InChI is InChI=1S/C21H31O7P/c1-7-27-29(28-13(2)3)12-25-10-14(4)8-9-16-19(22)18-17(11-26-21(18)23)15(5)20(16)24-6/h8,13,22H,7,9-12H2,1-6H3/b14-8+. The quantitative estimate of drug-likeness (QED) is 0.314. The summed E-state index contributed by atoms with van der Waals surface area (Å²) in [5, 5.41) is 10.6. The maximum absolute atomic E-state index is 12.0. The first kappa shape index (κ1) is 23.6. The summed E-state index contributed by atoms with van der Waals surface area (Å²) in [5.74, 6) is 0.0119. The normalized spacial score (nSPS) is 14.9. The number of phenols is 1. The van der Waals surface area contributed by atoms with E-state index in [1.54, 1.807) is 7.11 Å². The number of benzene rings is 1. The average molecular weight is 426 g/mol. The Bertz CT molecular complexity index is 758. The Labute approximate surface area is 173 Å². The second-order valence-electron chi connectivity index (χ2n) is 7.05. The van der Waals surface area contributed by atoms with Crippen molar-refractivity contribution in [2.45, 2.75) is 53.8 Å². The number of carbonyl (C=O) groups excluding carboxylic acids is 1. The van der Waals surface area contributed by atoms with Gasteiger partial charge in [0.15, 0.2) is 8.38 Å². The number of cyclic esters (lactones) is 1.